The van der Waals surface area contributed by atoms with Crippen molar-refractivity contribution in [2.45, 2.75) is 20.0 Å². The van der Waals surface area contributed by atoms with Gasteiger partial charge in [0.25, 0.3) is 0 Å². The summed E-state index contributed by atoms with van der Waals surface area (Å²) >= 11 is 5.56. The molecule has 0 aromatic heterocycles. The van der Waals surface area contributed by atoms with Gasteiger partial charge in [-0.2, -0.15) is 0 Å². The molecule has 1 aromatic carbocycles. The molecule has 124 valence electrons. The lowest BCUT2D eigenvalue weighted by atomic mass is 9.64. The van der Waals surface area contributed by atoms with Crippen LogP contribution in [0.15, 0.2) is 42.0 Å². The molecule has 0 amide bonds. The second-order valence-electron chi connectivity index (χ2n) is 6.60. The molecule has 1 aromatic rings. The third kappa shape index (κ3) is 3.31. The lowest BCUT2D eigenvalue weighted by Crippen LogP contribution is -2.46. The molecule has 23 heavy (non-hydrogen) atoms. The van der Waals surface area contributed by atoms with E-state index in [0.29, 0.717) is 25.0 Å². The number of carbonyl (C=O) groups excluding carboxylic acids is 1. The van der Waals surface area contributed by atoms with Gasteiger partial charge in [0.05, 0.1) is 19.3 Å². The first-order valence-electron chi connectivity index (χ1n) is 8.18. The number of rotatable bonds is 4. The number of ether oxygens (including phenoxy) is 2. The first-order valence-corrected chi connectivity index (χ1v) is 8.71. The Balaban J connectivity index is 1.88. The minimum Gasteiger partial charge on any atom is -0.464 e. The number of benzene rings is 1. The summed E-state index contributed by atoms with van der Waals surface area (Å²) in [6.45, 7) is 5.50. The summed E-state index contributed by atoms with van der Waals surface area (Å²) < 4.78 is 11.6. The van der Waals surface area contributed by atoms with Crippen molar-refractivity contribution in [1.82, 2.24) is 0 Å². The molecule has 2 aliphatic rings. The SMILES string of the molecule is CC1=C[C@@H](C)[C@H]2CO[C@H](c3ccccc3)[C@H]1[C@@H]2COC(=O)CCl. The number of esters is 1. The zero-order valence-electron chi connectivity index (χ0n) is 13.6. The van der Waals surface area contributed by atoms with Crippen molar-refractivity contribution in [2.24, 2.45) is 23.7 Å². The normalized spacial score (nSPS) is 33.0. The first kappa shape index (κ1) is 16.5. The van der Waals surface area contributed by atoms with E-state index in [1.165, 1.54) is 11.1 Å². The first-order chi connectivity index (χ1) is 11.1. The molecule has 1 aliphatic carbocycles. The Kier molecular flexibility index (Phi) is 5.08. The molecule has 0 N–H and O–H groups in total. The van der Waals surface area contributed by atoms with Crippen LogP contribution in [0, 0.1) is 23.7 Å². The van der Waals surface area contributed by atoms with Crippen LogP contribution in [0.4, 0.5) is 0 Å². The smallest absolute Gasteiger partial charge is 0.320 e. The van der Waals surface area contributed by atoms with Crippen molar-refractivity contribution in [2.75, 3.05) is 19.1 Å². The van der Waals surface area contributed by atoms with E-state index in [9.17, 15) is 4.79 Å². The van der Waals surface area contributed by atoms with Crippen LogP contribution in [0.2, 0.25) is 0 Å². The fraction of sp³-hybridized carbons (Fsp3) is 0.526. The Labute approximate surface area is 142 Å². The highest BCUT2D eigenvalue weighted by atomic mass is 35.5. The van der Waals surface area contributed by atoms with Crippen LogP contribution in [-0.2, 0) is 14.3 Å². The van der Waals surface area contributed by atoms with Gasteiger partial charge in [-0.15, -0.1) is 11.6 Å². The van der Waals surface area contributed by atoms with Crippen molar-refractivity contribution in [3.63, 3.8) is 0 Å². The molecule has 3 rings (SSSR count). The van der Waals surface area contributed by atoms with Gasteiger partial charge < -0.3 is 9.47 Å². The lowest BCUT2D eigenvalue weighted by molar-refractivity contribution is -0.152. The van der Waals surface area contributed by atoms with Crippen LogP contribution in [0.25, 0.3) is 0 Å². The fourth-order valence-electron chi connectivity index (χ4n) is 4.10. The van der Waals surface area contributed by atoms with E-state index in [0.717, 1.165) is 0 Å². The van der Waals surface area contributed by atoms with Crippen molar-refractivity contribution in [1.29, 1.82) is 0 Å². The number of hydrogen-bond acceptors (Lipinski definition) is 3. The average molecular weight is 335 g/mol. The van der Waals surface area contributed by atoms with E-state index in [1.807, 2.05) is 18.2 Å². The Bertz CT molecular complexity index is 584. The Morgan fingerprint density at radius 2 is 2.09 bits per heavy atom. The number of fused-ring (bicyclic) bond motifs is 2. The van der Waals surface area contributed by atoms with E-state index in [1.54, 1.807) is 0 Å². The molecule has 1 saturated heterocycles. The molecule has 4 heteroatoms. The monoisotopic (exact) mass is 334 g/mol. The van der Waals surface area contributed by atoms with Gasteiger partial charge in [0, 0.05) is 11.8 Å². The average Bonchev–Trinajstić information content (AvgIpc) is 2.58. The van der Waals surface area contributed by atoms with Gasteiger partial charge in [0.2, 0.25) is 0 Å². The molecule has 1 aliphatic heterocycles. The Morgan fingerprint density at radius 3 is 2.78 bits per heavy atom. The van der Waals surface area contributed by atoms with Crippen LogP contribution < -0.4 is 0 Å². The zero-order chi connectivity index (χ0) is 16.4. The molecule has 0 radical (unpaired) electrons. The standard InChI is InChI=1S/C19H23ClO3/c1-12-8-13(2)18-16(11-22-17(21)9-20)15(12)10-23-19(18)14-6-4-3-5-7-14/h3-8,12,15-16,18-19H,9-11H2,1-2H3/t12-,15-,16-,18-,19-/m1/s1. The maximum absolute atomic E-state index is 11.5. The summed E-state index contributed by atoms with van der Waals surface area (Å²) in [6.07, 6.45) is 2.38. The summed E-state index contributed by atoms with van der Waals surface area (Å²) in [5, 5.41) is 0. The number of halogens is 1. The molecular formula is C19H23ClO3. The van der Waals surface area contributed by atoms with Crippen LogP contribution in [0.1, 0.15) is 25.5 Å². The molecule has 0 saturated carbocycles. The molecule has 5 atom stereocenters. The lowest BCUT2D eigenvalue weighted by Gasteiger charge is -2.48. The molecule has 1 heterocycles. The molecular weight excluding hydrogens is 312 g/mol. The van der Waals surface area contributed by atoms with Gasteiger partial charge in [-0.25, -0.2) is 0 Å². The summed E-state index contributed by atoms with van der Waals surface area (Å²) in [5.74, 6) is 0.901. The van der Waals surface area contributed by atoms with E-state index in [-0.39, 0.29) is 29.8 Å². The Morgan fingerprint density at radius 1 is 1.35 bits per heavy atom. The maximum Gasteiger partial charge on any atom is 0.320 e. The van der Waals surface area contributed by atoms with Crippen LogP contribution in [-0.4, -0.2) is 25.1 Å². The molecule has 1 fully saturated rings. The summed E-state index contributed by atoms with van der Waals surface area (Å²) in [6, 6.07) is 10.3. The third-order valence-electron chi connectivity index (χ3n) is 5.21. The van der Waals surface area contributed by atoms with Crippen LogP contribution in [0.3, 0.4) is 0 Å². The quantitative estimate of drug-likeness (QED) is 0.474. The number of allylic oxidation sites excluding steroid dienone is 1. The van der Waals surface area contributed by atoms with E-state index in [4.69, 9.17) is 21.1 Å². The van der Waals surface area contributed by atoms with Crippen LogP contribution in [0.5, 0.6) is 0 Å². The second-order valence-corrected chi connectivity index (χ2v) is 6.87. The minimum atomic E-state index is -0.346. The highest BCUT2D eigenvalue weighted by molar-refractivity contribution is 6.26. The number of alkyl halides is 1. The number of hydrogen-bond donors (Lipinski definition) is 0. The zero-order valence-corrected chi connectivity index (χ0v) is 14.3. The maximum atomic E-state index is 11.5. The molecule has 0 spiro atoms. The summed E-state index contributed by atoms with van der Waals surface area (Å²) in [4.78, 5) is 11.5. The van der Waals surface area contributed by atoms with Crippen molar-refractivity contribution < 1.29 is 14.3 Å². The largest absolute Gasteiger partial charge is 0.464 e. The topological polar surface area (TPSA) is 35.5 Å². The van der Waals surface area contributed by atoms with Crippen molar-refractivity contribution >= 4 is 17.6 Å². The third-order valence-corrected chi connectivity index (χ3v) is 5.42. The Hall–Kier alpha value is -1.32. The summed E-state index contributed by atoms with van der Waals surface area (Å²) in [5.41, 5.74) is 2.51. The van der Waals surface area contributed by atoms with Gasteiger partial charge >= 0.3 is 5.97 Å². The van der Waals surface area contributed by atoms with Crippen molar-refractivity contribution in [3.8, 4) is 0 Å². The fourth-order valence-corrected chi connectivity index (χ4v) is 4.18. The van der Waals surface area contributed by atoms with Gasteiger partial charge in [-0.05, 0) is 24.3 Å². The van der Waals surface area contributed by atoms with E-state index in [2.05, 4.69) is 32.1 Å². The predicted molar refractivity (Wildman–Crippen MR) is 90.2 cm³/mol. The molecule has 3 nitrogen and oxygen atoms in total. The van der Waals surface area contributed by atoms with Crippen molar-refractivity contribution in [3.05, 3.63) is 47.5 Å². The predicted octanol–water partition coefficient (Wildman–Crippen LogP) is 3.98. The highest BCUT2D eigenvalue weighted by Crippen LogP contribution is 2.49. The second kappa shape index (κ2) is 7.06. The highest BCUT2D eigenvalue weighted by Gasteiger charge is 2.46. The van der Waals surface area contributed by atoms with E-state index < -0.39 is 0 Å². The van der Waals surface area contributed by atoms with Crippen LogP contribution >= 0.6 is 11.6 Å². The molecule has 2 bridgehead atoms. The van der Waals surface area contributed by atoms with Gasteiger partial charge in [-0.1, -0.05) is 48.9 Å². The van der Waals surface area contributed by atoms with Gasteiger partial charge in [-0.3, -0.25) is 4.79 Å². The van der Waals surface area contributed by atoms with Gasteiger partial charge in [0.15, 0.2) is 0 Å². The minimum absolute atomic E-state index is 0.0240. The molecule has 0 unspecified atom stereocenters. The summed E-state index contributed by atoms with van der Waals surface area (Å²) in [7, 11) is 0. The van der Waals surface area contributed by atoms with Gasteiger partial charge in [0.1, 0.15) is 5.88 Å². The number of carbonyl (C=O) groups is 1. The van der Waals surface area contributed by atoms with E-state index >= 15 is 0 Å².